The first-order valence-electron chi connectivity index (χ1n) is 10.1. The fraction of sp³-hybridized carbons (Fsp3) is 0.619. The summed E-state index contributed by atoms with van der Waals surface area (Å²) in [7, 11) is 0. The van der Waals surface area contributed by atoms with Crippen LogP contribution in [0, 0.1) is 12.3 Å². The average Bonchev–Trinajstić information content (AvgIpc) is 3.01. The van der Waals surface area contributed by atoms with E-state index in [2.05, 4.69) is 33.6 Å². The zero-order chi connectivity index (χ0) is 19.0. The summed E-state index contributed by atoms with van der Waals surface area (Å²) in [5.41, 5.74) is 2.07. The molecule has 2 aliphatic heterocycles. The maximum absolute atomic E-state index is 12.9. The van der Waals surface area contributed by atoms with Gasteiger partial charge < -0.3 is 9.47 Å². The Morgan fingerprint density at radius 2 is 1.85 bits per heavy atom. The first-order valence-corrected chi connectivity index (χ1v) is 10.1. The number of rotatable bonds is 2. The summed E-state index contributed by atoms with van der Waals surface area (Å²) in [6.45, 7) is 9.03. The highest BCUT2D eigenvalue weighted by atomic mass is 16.2. The SMILES string of the molecule is Cc1ccncc1C(=O)N1CCC2(CCc3nnc(C(C)C)n3CC2)CC1. The standard InChI is InChI=1S/C21H29N5O/c1-15(2)19-24-23-18-4-6-21(9-13-26(18)19)7-11-25(12-8-21)20(27)17-14-22-10-5-16(17)3/h5,10,14-15H,4,6-9,11-13H2,1-3H3. The van der Waals surface area contributed by atoms with E-state index < -0.39 is 0 Å². The Morgan fingerprint density at radius 1 is 1.11 bits per heavy atom. The minimum Gasteiger partial charge on any atom is -0.339 e. The molecule has 0 N–H and O–H groups in total. The Hall–Kier alpha value is -2.24. The molecule has 2 aromatic rings. The zero-order valence-corrected chi connectivity index (χ0v) is 16.6. The van der Waals surface area contributed by atoms with Crippen molar-refractivity contribution in [2.24, 2.45) is 5.41 Å². The molecule has 144 valence electrons. The van der Waals surface area contributed by atoms with Crippen LogP contribution in [0.1, 0.15) is 73.0 Å². The molecule has 0 radical (unpaired) electrons. The summed E-state index contributed by atoms with van der Waals surface area (Å²) in [5.74, 6) is 2.78. The number of fused-ring (bicyclic) bond motifs is 1. The predicted molar refractivity (Wildman–Crippen MR) is 104 cm³/mol. The molecule has 1 amide bonds. The number of nitrogens with zero attached hydrogens (tertiary/aromatic N) is 5. The highest BCUT2D eigenvalue weighted by Crippen LogP contribution is 2.42. The van der Waals surface area contributed by atoms with Gasteiger partial charge in [0.15, 0.2) is 0 Å². The molecule has 6 heteroatoms. The molecule has 0 atom stereocenters. The Morgan fingerprint density at radius 3 is 2.56 bits per heavy atom. The quantitative estimate of drug-likeness (QED) is 0.816. The van der Waals surface area contributed by atoms with Crippen molar-refractivity contribution in [3.05, 3.63) is 41.2 Å². The van der Waals surface area contributed by atoms with E-state index in [1.54, 1.807) is 12.4 Å². The minimum atomic E-state index is 0.128. The lowest BCUT2D eigenvalue weighted by Gasteiger charge is -2.41. The number of likely N-dealkylation sites (tertiary alicyclic amines) is 1. The fourth-order valence-electron chi connectivity index (χ4n) is 4.60. The summed E-state index contributed by atoms with van der Waals surface area (Å²) in [6.07, 6.45) is 8.90. The third-order valence-electron chi connectivity index (χ3n) is 6.50. The molecule has 0 unspecified atom stereocenters. The van der Waals surface area contributed by atoms with Gasteiger partial charge >= 0.3 is 0 Å². The molecule has 2 aliphatic rings. The van der Waals surface area contributed by atoms with Gasteiger partial charge in [-0.05, 0) is 49.7 Å². The average molecular weight is 367 g/mol. The van der Waals surface area contributed by atoms with Crippen molar-refractivity contribution < 1.29 is 4.79 Å². The molecule has 4 heterocycles. The zero-order valence-electron chi connectivity index (χ0n) is 16.6. The number of hydrogen-bond acceptors (Lipinski definition) is 4. The molecular weight excluding hydrogens is 338 g/mol. The van der Waals surface area contributed by atoms with Crippen molar-refractivity contribution in [2.75, 3.05) is 13.1 Å². The maximum Gasteiger partial charge on any atom is 0.255 e. The molecule has 4 rings (SSSR count). The molecule has 27 heavy (non-hydrogen) atoms. The molecule has 0 aromatic carbocycles. The van der Waals surface area contributed by atoms with Gasteiger partial charge in [0.25, 0.3) is 5.91 Å². The van der Waals surface area contributed by atoms with Crippen LogP contribution in [-0.4, -0.2) is 43.6 Å². The number of amides is 1. The third kappa shape index (κ3) is 3.37. The number of piperidine rings is 1. The second-order valence-corrected chi connectivity index (χ2v) is 8.51. The van der Waals surface area contributed by atoms with Crippen LogP contribution in [0.15, 0.2) is 18.5 Å². The number of aryl methyl sites for hydroxylation is 2. The molecule has 2 aromatic heterocycles. The summed E-state index contributed by atoms with van der Waals surface area (Å²) >= 11 is 0. The number of pyridine rings is 1. The molecule has 1 fully saturated rings. The van der Waals surface area contributed by atoms with E-state index in [-0.39, 0.29) is 5.91 Å². The van der Waals surface area contributed by atoms with Crippen molar-refractivity contribution in [1.29, 1.82) is 0 Å². The van der Waals surface area contributed by atoms with Crippen LogP contribution in [-0.2, 0) is 13.0 Å². The Bertz CT molecular complexity index is 833. The van der Waals surface area contributed by atoms with E-state index in [9.17, 15) is 4.79 Å². The fourth-order valence-corrected chi connectivity index (χ4v) is 4.60. The van der Waals surface area contributed by atoms with Gasteiger partial charge in [0, 0.05) is 44.4 Å². The number of carbonyl (C=O) groups excluding carboxylic acids is 1. The van der Waals surface area contributed by atoms with Crippen LogP contribution >= 0.6 is 0 Å². The van der Waals surface area contributed by atoms with Crippen molar-refractivity contribution >= 4 is 5.91 Å². The van der Waals surface area contributed by atoms with Crippen molar-refractivity contribution in [2.45, 2.75) is 65.3 Å². The Labute approximate surface area is 161 Å². The number of carbonyl (C=O) groups is 1. The van der Waals surface area contributed by atoms with Crippen molar-refractivity contribution in [3.63, 3.8) is 0 Å². The third-order valence-corrected chi connectivity index (χ3v) is 6.50. The van der Waals surface area contributed by atoms with Gasteiger partial charge in [-0.25, -0.2) is 0 Å². The van der Waals surface area contributed by atoms with E-state index in [1.165, 1.54) is 0 Å². The van der Waals surface area contributed by atoms with Gasteiger partial charge in [-0.2, -0.15) is 0 Å². The van der Waals surface area contributed by atoms with Gasteiger partial charge in [0.1, 0.15) is 11.6 Å². The minimum absolute atomic E-state index is 0.128. The summed E-state index contributed by atoms with van der Waals surface area (Å²) < 4.78 is 2.34. The summed E-state index contributed by atoms with van der Waals surface area (Å²) in [6, 6.07) is 1.91. The van der Waals surface area contributed by atoms with E-state index in [0.29, 0.717) is 11.3 Å². The maximum atomic E-state index is 12.9. The van der Waals surface area contributed by atoms with Crippen molar-refractivity contribution in [1.82, 2.24) is 24.6 Å². The Kier molecular flexibility index (Phi) is 4.74. The lowest BCUT2D eigenvalue weighted by atomic mass is 9.72. The first-order chi connectivity index (χ1) is 13.0. The van der Waals surface area contributed by atoms with Crippen LogP contribution < -0.4 is 0 Å². The van der Waals surface area contributed by atoms with E-state index in [0.717, 1.165) is 74.5 Å². The van der Waals surface area contributed by atoms with Crippen LogP contribution in [0.3, 0.4) is 0 Å². The number of hydrogen-bond donors (Lipinski definition) is 0. The molecular formula is C21H29N5O. The molecule has 1 saturated heterocycles. The summed E-state index contributed by atoms with van der Waals surface area (Å²) in [4.78, 5) is 19.0. The monoisotopic (exact) mass is 367 g/mol. The van der Waals surface area contributed by atoms with Gasteiger partial charge in [0.2, 0.25) is 0 Å². The van der Waals surface area contributed by atoms with Crippen LogP contribution in [0.4, 0.5) is 0 Å². The highest BCUT2D eigenvalue weighted by Gasteiger charge is 2.38. The van der Waals surface area contributed by atoms with E-state index in [4.69, 9.17) is 0 Å². The van der Waals surface area contributed by atoms with Gasteiger partial charge in [-0.1, -0.05) is 13.8 Å². The highest BCUT2D eigenvalue weighted by molar-refractivity contribution is 5.95. The number of aromatic nitrogens is 4. The van der Waals surface area contributed by atoms with Crippen LogP contribution in [0.2, 0.25) is 0 Å². The van der Waals surface area contributed by atoms with E-state index >= 15 is 0 Å². The van der Waals surface area contributed by atoms with Crippen LogP contribution in [0.25, 0.3) is 0 Å². The van der Waals surface area contributed by atoms with Gasteiger partial charge in [0.05, 0.1) is 5.56 Å². The van der Waals surface area contributed by atoms with Crippen LogP contribution in [0.5, 0.6) is 0 Å². The summed E-state index contributed by atoms with van der Waals surface area (Å²) in [5, 5.41) is 8.85. The van der Waals surface area contributed by atoms with Gasteiger partial charge in [-0.15, -0.1) is 10.2 Å². The van der Waals surface area contributed by atoms with Gasteiger partial charge in [-0.3, -0.25) is 9.78 Å². The Balaban J connectivity index is 1.43. The molecule has 0 aliphatic carbocycles. The molecule has 6 nitrogen and oxygen atoms in total. The second kappa shape index (κ2) is 7.06. The molecule has 0 bridgehead atoms. The molecule has 0 saturated carbocycles. The second-order valence-electron chi connectivity index (χ2n) is 8.51. The lowest BCUT2D eigenvalue weighted by Crippen LogP contribution is -2.43. The lowest BCUT2D eigenvalue weighted by molar-refractivity contribution is 0.0534. The predicted octanol–water partition coefficient (Wildman–Crippen LogP) is 3.36. The smallest absolute Gasteiger partial charge is 0.255 e. The largest absolute Gasteiger partial charge is 0.339 e. The van der Waals surface area contributed by atoms with Crippen molar-refractivity contribution in [3.8, 4) is 0 Å². The molecule has 1 spiro atoms. The first kappa shape index (κ1) is 18.1. The topological polar surface area (TPSA) is 63.9 Å². The normalized spacial score (nSPS) is 19.2. The van der Waals surface area contributed by atoms with E-state index in [1.807, 2.05) is 17.9 Å².